The first-order valence-electron chi connectivity index (χ1n) is 9.73. The van der Waals surface area contributed by atoms with Crippen molar-refractivity contribution in [3.63, 3.8) is 0 Å². The predicted octanol–water partition coefficient (Wildman–Crippen LogP) is 4.07. The van der Waals surface area contributed by atoms with Gasteiger partial charge in [0.2, 0.25) is 5.91 Å². The molecule has 7 heteroatoms. The number of hydrogen-bond acceptors (Lipinski definition) is 3. The third-order valence-electron chi connectivity index (χ3n) is 4.49. The number of nitrogens with one attached hydrogen (secondary N) is 2. The molecule has 30 heavy (non-hydrogen) atoms. The molecular weight excluding hydrogens is 383 g/mol. The molecule has 2 amide bonds. The van der Waals surface area contributed by atoms with Gasteiger partial charge in [0, 0.05) is 30.0 Å². The third kappa shape index (κ3) is 5.31. The maximum atomic E-state index is 13.3. The number of anilines is 1. The van der Waals surface area contributed by atoms with Crippen LogP contribution in [-0.2, 0) is 10.2 Å². The maximum Gasteiger partial charge on any atom is 0.251 e. The zero-order valence-corrected chi connectivity index (χ0v) is 17.3. The highest BCUT2D eigenvalue weighted by Crippen LogP contribution is 2.26. The number of benzene rings is 2. The molecule has 0 atom stereocenters. The van der Waals surface area contributed by atoms with Gasteiger partial charge in [-0.15, -0.1) is 0 Å². The van der Waals surface area contributed by atoms with Gasteiger partial charge < -0.3 is 10.6 Å². The normalized spacial score (nSPS) is 11.2. The second kappa shape index (κ2) is 8.90. The molecule has 6 nitrogen and oxygen atoms in total. The topological polar surface area (TPSA) is 76.0 Å². The number of carbonyl (C=O) groups excluding carboxylic acids is 2. The molecule has 0 fully saturated rings. The van der Waals surface area contributed by atoms with Crippen LogP contribution in [0, 0.1) is 5.82 Å². The van der Waals surface area contributed by atoms with Crippen molar-refractivity contribution in [3.05, 3.63) is 77.7 Å². The molecule has 156 valence electrons. The largest absolute Gasteiger partial charge is 0.352 e. The van der Waals surface area contributed by atoms with E-state index >= 15 is 0 Å². The second-order valence-corrected chi connectivity index (χ2v) is 7.97. The molecule has 0 radical (unpaired) electrons. The van der Waals surface area contributed by atoms with Gasteiger partial charge in [-0.3, -0.25) is 9.59 Å². The van der Waals surface area contributed by atoms with Gasteiger partial charge in [0.05, 0.1) is 11.4 Å². The molecular formula is C23H25FN4O2. The first kappa shape index (κ1) is 21.2. The summed E-state index contributed by atoms with van der Waals surface area (Å²) in [5.41, 5.74) is 1.75. The molecule has 0 aliphatic rings. The zero-order chi connectivity index (χ0) is 21.7. The number of nitrogens with zero attached hydrogens (tertiary/aromatic N) is 2. The summed E-state index contributed by atoms with van der Waals surface area (Å²) in [6.45, 7) is 6.27. The highest BCUT2D eigenvalue weighted by atomic mass is 19.1. The standard InChI is InChI=1S/C23H25FN4O2/c1-23(2,3)19-15-20(28(27-19)18-11-9-17(24)10-12-18)26-21(29)13-14-25-22(30)16-7-5-4-6-8-16/h4-12,15H,13-14H2,1-3H3,(H,25,30)(H,26,29). The van der Waals surface area contributed by atoms with Crippen LogP contribution in [0.15, 0.2) is 60.7 Å². The fraction of sp³-hybridized carbons (Fsp3) is 0.261. The summed E-state index contributed by atoms with van der Waals surface area (Å²) >= 11 is 0. The number of aromatic nitrogens is 2. The quantitative estimate of drug-likeness (QED) is 0.646. The van der Waals surface area contributed by atoms with Gasteiger partial charge in [-0.2, -0.15) is 5.10 Å². The van der Waals surface area contributed by atoms with Crippen molar-refractivity contribution >= 4 is 17.6 Å². The lowest BCUT2D eigenvalue weighted by atomic mass is 9.92. The molecule has 2 aromatic carbocycles. The van der Waals surface area contributed by atoms with Crippen molar-refractivity contribution < 1.29 is 14.0 Å². The van der Waals surface area contributed by atoms with E-state index in [0.717, 1.165) is 5.69 Å². The van der Waals surface area contributed by atoms with E-state index in [-0.39, 0.29) is 36.0 Å². The number of rotatable bonds is 6. The van der Waals surface area contributed by atoms with Gasteiger partial charge in [-0.05, 0) is 36.4 Å². The Bertz CT molecular complexity index is 1020. The molecule has 0 unspecified atom stereocenters. The monoisotopic (exact) mass is 408 g/mol. The highest BCUT2D eigenvalue weighted by molar-refractivity contribution is 5.95. The Morgan fingerprint density at radius 2 is 1.70 bits per heavy atom. The van der Waals surface area contributed by atoms with E-state index in [1.807, 2.05) is 32.9 Å². The molecule has 0 saturated carbocycles. The lowest BCUT2D eigenvalue weighted by molar-refractivity contribution is -0.116. The molecule has 1 aromatic heterocycles. The van der Waals surface area contributed by atoms with Gasteiger partial charge in [-0.25, -0.2) is 9.07 Å². The van der Waals surface area contributed by atoms with Crippen LogP contribution in [0.3, 0.4) is 0 Å². The van der Waals surface area contributed by atoms with Crippen molar-refractivity contribution in [2.75, 3.05) is 11.9 Å². The van der Waals surface area contributed by atoms with E-state index < -0.39 is 0 Å². The minimum absolute atomic E-state index is 0.109. The summed E-state index contributed by atoms with van der Waals surface area (Å²) in [6.07, 6.45) is 0.109. The van der Waals surface area contributed by atoms with Gasteiger partial charge >= 0.3 is 0 Å². The van der Waals surface area contributed by atoms with Crippen LogP contribution in [-0.4, -0.2) is 28.1 Å². The average molecular weight is 408 g/mol. The summed E-state index contributed by atoms with van der Waals surface area (Å²) < 4.78 is 14.9. The van der Waals surface area contributed by atoms with Crippen molar-refractivity contribution in [3.8, 4) is 5.69 Å². The van der Waals surface area contributed by atoms with Crippen LogP contribution >= 0.6 is 0 Å². The molecule has 0 aliphatic carbocycles. The molecule has 0 spiro atoms. The smallest absolute Gasteiger partial charge is 0.251 e. The van der Waals surface area contributed by atoms with E-state index in [9.17, 15) is 14.0 Å². The minimum Gasteiger partial charge on any atom is -0.352 e. The Labute approximate surface area is 175 Å². The van der Waals surface area contributed by atoms with Crippen LogP contribution < -0.4 is 10.6 Å². The molecule has 0 bridgehead atoms. The summed E-state index contributed by atoms with van der Waals surface area (Å²) in [4.78, 5) is 24.5. The summed E-state index contributed by atoms with van der Waals surface area (Å²) in [6, 6.07) is 16.5. The Balaban J connectivity index is 1.68. The van der Waals surface area contributed by atoms with Crippen LogP contribution in [0.1, 0.15) is 43.2 Å². The van der Waals surface area contributed by atoms with Crippen molar-refractivity contribution in [2.24, 2.45) is 0 Å². The lowest BCUT2D eigenvalue weighted by Crippen LogP contribution is -2.27. The molecule has 1 heterocycles. The third-order valence-corrected chi connectivity index (χ3v) is 4.49. The fourth-order valence-corrected chi connectivity index (χ4v) is 2.80. The summed E-state index contributed by atoms with van der Waals surface area (Å²) in [7, 11) is 0. The highest BCUT2D eigenvalue weighted by Gasteiger charge is 2.21. The second-order valence-electron chi connectivity index (χ2n) is 7.97. The zero-order valence-electron chi connectivity index (χ0n) is 17.3. The lowest BCUT2D eigenvalue weighted by Gasteiger charge is -2.14. The van der Waals surface area contributed by atoms with Gasteiger partial charge in [0.15, 0.2) is 0 Å². The van der Waals surface area contributed by atoms with Gasteiger partial charge in [0.25, 0.3) is 5.91 Å². The van der Waals surface area contributed by atoms with Crippen LogP contribution in [0.4, 0.5) is 10.2 Å². The Morgan fingerprint density at radius 1 is 1.03 bits per heavy atom. The maximum absolute atomic E-state index is 13.3. The van der Waals surface area contributed by atoms with Gasteiger partial charge in [-0.1, -0.05) is 39.0 Å². The van der Waals surface area contributed by atoms with E-state index in [1.54, 1.807) is 41.1 Å². The van der Waals surface area contributed by atoms with Crippen molar-refractivity contribution in [1.29, 1.82) is 0 Å². The van der Waals surface area contributed by atoms with Crippen LogP contribution in [0.2, 0.25) is 0 Å². The summed E-state index contributed by atoms with van der Waals surface area (Å²) in [5.74, 6) is -0.338. The SMILES string of the molecule is CC(C)(C)c1cc(NC(=O)CCNC(=O)c2ccccc2)n(-c2ccc(F)cc2)n1. The number of hydrogen-bond donors (Lipinski definition) is 2. The van der Waals surface area contributed by atoms with E-state index in [1.165, 1.54) is 12.1 Å². The fourth-order valence-electron chi connectivity index (χ4n) is 2.80. The summed E-state index contributed by atoms with van der Waals surface area (Å²) in [5, 5.41) is 10.2. The first-order valence-corrected chi connectivity index (χ1v) is 9.73. The van der Waals surface area contributed by atoms with E-state index in [0.29, 0.717) is 17.1 Å². The molecule has 0 aliphatic heterocycles. The first-order chi connectivity index (χ1) is 14.2. The van der Waals surface area contributed by atoms with E-state index in [4.69, 9.17) is 0 Å². The number of carbonyl (C=O) groups is 2. The van der Waals surface area contributed by atoms with Crippen molar-refractivity contribution in [1.82, 2.24) is 15.1 Å². The minimum atomic E-state index is -0.346. The molecule has 2 N–H and O–H groups in total. The Morgan fingerprint density at radius 3 is 2.33 bits per heavy atom. The van der Waals surface area contributed by atoms with Gasteiger partial charge in [0.1, 0.15) is 11.6 Å². The van der Waals surface area contributed by atoms with Crippen LogP contribution in [0.5, 0.6) is 0 Å². The van der Waals surface area contributed by atoms with Crippen LogP contribution in [0.25, 0.3) is 5.69 Å². The molecule has 0 saturated heterocycles. The Hall–Kier alpha value is -3.48. The molecule has 3 rings (SSSR count). The van der Waals surface area contributed by atoms with Crippen molar-refractivity contribution in [2.45, 2.75) is 32.6 Å². The molecule has 3 aromatic rings. The van der Waals surface area contributed by atoms with E-state index in [2.05, 4.69) is 15.7 Å². The number of amides is 2. The Kier molecular flexibility index (Phi) is 6.30. The predicted molar refractivity (Wildman–Crippen MR) is 114 cm³/mol. The average Bonchev–Trinajstić information content (AvgIpc) is 3.13. The number of halogens is 1.